The molecule has 2 aliphatic rings. The number of benzene rings is 1. The Labute approximate surface area is 178 Å². The van der Waals surface area contributed by atoms with Crippen molar-refractivity contribution in [3.8, 4) is 0 Å². The maximum absolute atomic E-state index is 12.7. The van der Waals surface area contributed by atoms with Crippen molar-refractivity contribution in [2.75, 3.05) is 44.2 Å². The first-order valence-electron chi connectivity index (χ1n) is 10.9. The molecule has 0 atom stereocenters. The third-order valence-electron chi connectivity index (χ3n) is 6.12. The maximum atomic E-state index is 12.7. The molecule has 0 unspecified atom stereocenters. The third-order valence-corrected chi connectivity index (χ3v) is 6.12. The average Bonchev–Trinajstić information content (AvgIpc) is 3.26. The van der Waals surface area contributed by atoms with Gasteiger partial charge in [-0.2, -0.15) is 9.78 Å². The second-order valence-electron chi connectivity index (χ2n) is 8.43. The molecule has 2 aliphatic heterocycles. The van der Waals surface area contributed by atoms with Crippen LogP contribution in [0.5, 0.6) is 0 Å². The largest absolute Gasteiger partial charge is 0.371 e. The summed E-state index contributed by atoms with van der Waals surface area (Å²) < 4.78 is 1.28. The van der Waals surface area contributed by atoms with Gasteiger partial charge in [-0.15, -0.1) is 0 Å². The molecule has 0 bridgehead atoms. The summed E-state index contributed by atoms with van der Waals surface area (Å²) in [5.41, 5.74) is 4.38. The number of amides is 1. The Bertz CT molecular complexity index is 908. The second kappa shape index (κ2) is 9.00. The number of rotatable bonds is 4. The zero-order valence-electron chi connectivity index (χ0n) is 18.0. The predicted molar refractivity (Wildman–Crippen MR) is 117 cm³/mol. The number of aryl methyl sites for hydroxylation is 1. The topological polar surface area (TPSA) is 61.7 Å². The zero-order chi connectivity index (χ0) is 21.1. The van der Waals surface area contributed by atoms with E-state index in [1.54, 1.807) is 12.3 Å². The Kier molecular flexibility index (Phi) is 6.18. The molecular formula is C23H31N5O2. The minimum absolute atomic E-state index is 0.131. The van der Waals surface area contributed by atoms with Gasteiger partial charge in [0, 0.05) is 64.6 Å². The van der Waals surface area contributed by atoms with Gasteiger partial charge in [0.25, 0.3) is 0 Å². The lowest BCUT2D eigenvalue weighted by Crippen LogP contribution is -2.49. The Hall–Kier alpha value is -2.67. The molecule has 0 spiro atoms. The summed E-state index contributed by atoms with van der Waals surface area (Å²) in [4.78, 5) is 30.9. The molecule has 1 aromatic heterocycles. The van der Waals surface area contributed by atoms with E-state index in [0.717, 1.165) is 32.7 Å². The fourth-order valence-corrected chi connectivity index (χ4v) is 4.34. The van der Waals surface area contributed by atoms with Crippen LogP contribution in [0.25, 0.3) is 0 Å². The number of carbonyl (C=O) groups is 2. The van der Waals surface area contributed by atoms with Gasteiger partial charge >= 0.3 is 6.03 Å². The van der Waals surface area contributed by atoms with Crippen LogP contribution >= 0.6 is 0 Å². The molecule has 2 fully saturated rings. The highest BCUT2D eigenvalue weighted by Crippen LogP contribution is 2.27. The molecule has 1 aromatic carbocycles. The lowest BCUT2D eigenvalue weighted by atomic mass is 10.0. The van der Waals surface area contributed by atoms with Crippen molar-refractivity contribution in [3.63, 3.8) is 0 Å². The van der Waals surface area contributed by atoms with Crippen molar-refractivity contribution >= 4 is 17.5 Å². The van der Waals surface area contributed by atoms with Gasteiger partial charge in [-0.05, 0) is 49.4 Å². The monoisotopic (exact) mass is 409 g/mol. The quantitative estimate of drug-likeness (QED) is 0.726. The van der Waals surface area contributed by atoms with E-state index < -0.39 is 0 Å². The van der Waals surface area contributed by atoms with E-state index in [2.05, 4.69) is 40.0 Å². The number of carbonyl (C=O) groups excluding carboxylic acids is 2. The van der Waals surface area contributed by atoms with Crippen molar-refractivity contribution < 1.29 is 9.59 Å². The van der Waals surface area contributed by atoms with E-state index in [1.165, 1.54) is 47.7 Å². The van der Waals surface area contributed by atoms with Crippen LogP contribution in [0, 0.1) is 6.92 Å². The Balaban J connectivity index is 1.38. The van der Waals surface area contributed by atoms with Crippen LogP contribution in [0.15, 0.2) is 30.5 Å². The summed E-state index contributed by atoms with van der Waals surface area (Å²) in [5.74, 6) is -0.131. The lowest BCUT2D eigenvalue weighted by molar-refractivity contribution is 0.101. The lowest BCUT2D eigenvalue weighted by Gasteiger charge is -2.36. The summed E-state index contributed by atoms with van der Waals surface area (Å²) in [6.07, 6.45) is 5.44. The van der Waals surface area contributed by atoms with Gasteiger partial charge in [-0.1, -0.05) is 12.1 Å². The number of hydrogen-bond donors (Lipinski definition) is 0. The standard InChI is InChI=1S/C23H31N5O2/c1-18-6-7-20(22(16-18)26-9-4-3-5-10-26)17-25-12-14-27(15-13-25)23(30)28-11-8-21(24-28)19(2)29/h6-8,11,16H,3-5,9-10,12-15,17H2,1-2H3. The van der Waals surface area contributed by atoms with Gasteiger partial charge in [0.2, 0.25) is 0 Å². The van der Waals surface area contributed by atoms with Crippen LogP contribution in [0.4, 0.5) is 10.5 Å². The van der Waals surface area contributed by atoms with E-state index >= 15 is 0 Å². The summed E-state index contributed by atoms with van der Waals surface area (Å²) in [7, 11) is 0. The number of piperazine rings is 1. The molecule has 1 amide bonds. The highest BCUT2D eigenvalue weighted by atomic mass is 16.2. The van der Waals surface area contributed by atoms with Gasteiger partial charge in [-0.3, -0.25) is 9.69 Å². The fourth-order valence-electron chi connectivity index (χ4n) is 4.34. The van der Waals surface area contributed by atoms with Crippen LogP contribution in [-0.2, 0) is 6.54 Å². The van der Waals surface area contributed by atoms with E-state index in [4.69, 9.17) is 0 Å². The Morgan fingerprint density at radius 2 is 1.70 bits per heavy atom. The van der Waals surface area contributed by atoms with Gasteiger partial charge in [-0.25, -0.2) is 4.79 Å². The van der Waals surface area contributed by atoms with E-state index in [9.17, 15) is 9.59 Å². The first-order valence-corrected chi connectivity index (χ1v) is 10.9. The van der Waals surface area contributed by atoms with Gasteiger partial charge in [0.15, 0.2) is 5.78 Å². The van der Waals surface area contributed by atoms with E-state index in [1.807, 2.05) is 4.90 Å². The second-order valence-corrected chi connectivity index (χ2v) is 8.43. The van der Waals surface area contributed by atoms with E-state index in [0.29, 0.717) is 18.8 Å². The smallest absolute Gasteiger partial charge is 0.344 e. The van der Waals surface area contributed by atoms with Crippen molar-refractivity contribution in [1.29, 1.82) is 0 Å². The zero-order valence-corrected chi connectivity index (χ0v) is 18.0. The molecule has 0 radical (unpaired) electrons. The van der Waals surface area contributed by atoms with Gasteiger partial charge in [0.05, 0.1) is 0 Å². The average molecular weight is 410 g/mol. The SMILES string of the molecule is CC(=O)c1ccn(C(=O)N2CCN(Cc3ccc(C)cc3N3CCCCC3)CC2)n1. The van der Waals surface area contributed by atoms with Gasteiger partial charge in [0.1, 0.15) is 5.69 Å². The molecule has 30 heavy (non-hydrogen) atoms. The normalized spacial score (nSPS) is 17.9. The fraction of sp³-hybridized carbons (Fsp3) is 0.522. The summed E-state index contributed by atoms with van der Waals surface area (Å²) in [6, 6.07) is 8.23. The summed E-state index contributed by atoms with van der Waals surface area (Å²) >= 11 is 0. The van der Waals surface area contributed by atoms with Crippen LogP contribution in [0.2, 0.25) is 0 Å². The maximum Gasteiger partial charge on any atom is 0.344 e. The third kappa shape index (κ3) is 4.56. The molecule has 2 saturated heterocycles. The molecular weight excluding hydrogens is 378 g/mol. The minimum Gasteiger partial charge on any atom is -0.371 e. The molecule has 7 heteroatoms. The highest BCUT2D eigenvalue weighted by Gasteiger charge is 2.24. The minimum atomic E-state index is -0.161. The molecule has 0 saturated carbocycles. The van der Waals surface area contributed by atoms with E-state index in [-0.39, 0.29) is 11.8 Å². The first-order chi connectivity index (χ1) is 14.5. The van der Waals surface area contributed by atoms with Crippen LogP contribution in [-0.4, -0.2) is 70.7 Å². The number of ketones is 1. The number of piperidine rings is 1. The molecule has 4 rings (SSSR count). The molecule has 2 aromatic rings. The number of nitrogens with zero attached hydrogens (tertiary/aromatic N) is 5. The van der Waals surface area contributed by atoms with Crippen molar-refractivity contribution in [3.05, 3.63) is 47.3 Å². The first kappa shape index (κ1) is 20.6. The molecule has 0 N–H and O–H groups in total. The number of Topliss-reactive ketones (excluding diaryl/α,β-unsaturated/α-hetero) is 1. The molecule has 160 valence electrons. The van der Waals surface area contributed by atoms with Crippen LogP contribution in [0.1, 0.15) is 47.8 Å². The molecule has 0 aliphatic carbocycles. The Morgan fingerprint density at radius 1 is 0.967 bits per heavy atom. The molecule has 3 heterocycles. The predicted octanol–water partition coefficient (Wildman–Crippen LogP) is 3.17. The number of aromatic nitrogens is 2. The summed E-state index contributed by atoms with van der Waals surface area (Å²) in [6.45, 7) is 9.81. The van der Waals surface area contributed by atoms with Crippen molar-refractivity contribution in [2.24, 2.45) is 0 Å². The van der Waals surface area contributed by atoms with Gasteiger partial charge < -0.3 is 9.80 Å². The number of hydrogen-bond acceptors (Lipinski definition) is 5. The summed E-state index contributed by atoms with van der Waals surface area (Å²) in [5, 5.41) is 4.10. The highest BCUT2D eigenvalue weighted by molar-refractivity contribution is 5.92. The van der Waals surface area contributed by atoms with Crippen LogP contribution in [0.3, 0.4) is 0 Å². The Morgan fingerprint density at radius 3 is 2.37 bits per heavy atom. The molecule has 7 nitrogen and oxygen atoms in total. The van der Waals surface area contributed by atoms with Crippen LogP contribution < -0.4 is 4.90 Å². The van der Waals surface area contributed by atoms with Crippen molar-refractivity contribution in [1.82, 2.24) is 19.6 Å². The number of anilines is 1. The van der Waals surface area contributed by atoms with Crippen molar-refractivity contribution in [2.45, 2.75) is 39.7 Å².